The number of nitrogens with zero attached hydrogens (tertiary/aromatic N) is 4. The van der Waals surface area contributed by atoms with Crippen LogP contribution in [0.5, 0.6) is 0 Å². The molecule has 3 saturated heterocycles. The topological polar surface area (TPSA) is 112 Å². The van der Waals surface area contributed by atoms with E-state index in [4.69, 9.17) is 4.42 Å². The molecule has 0 spiro atoms. The van der Waals surface area contributed by atoms with E-state index >= 15 is 0 Å². The summed E-state index contributed by atoms with van der Waals surface area (Å²) in [5.74, 6) is -0.191. The molecule has 3 aliphatic heterocycles. The van der Waals surface area contributed by atoms with Crippen molar-refractivity contribution in [3.8, 4) is 10.6 Å². The minimum Gasteiger partial charge on any atom is -0.465 e. The largest absolute Gasteiger partial charge is 0.465 e. The number of hydrogen-bond acceptors (Lipinski definition) is 7. The van der Waals surface area contributed by atoms with Gasteiger partial charge in [0.1, 0.15) is 10.5 Å². The molecule has 0 radical (unpaired) electrons. The summed E-state index contributed by atoms with van der Waals surface area (Å²) in [5.41, 5.74) is 2.51. The standard InChI is InChI=1S/C18H17N5O4S/c1-9(24)20-13-3-2-12(16-19-4-5-28-16)15-14(13)21-17(27-15)22-7-10-6-11(8-22)23(10)18(25)26/h2-5,10-11H,6-8H2,1H3,(H,20,24)(H,25,26). The zero-order chi connectivity index (χ0) is 19.4. The minimum absolute atomic E-state index is 0.0421. The Kier molecular flexibility index (Phi) is 3.76. The third-order valence-corrected chi connectivity index (χ3v) is 6.00. The normalized spacial score (nSPS) is 20.9. The van der Waals surface area contributed by atoms with Crippen molar-refractivity contribution in [2.24, 2.45) is 0 Å². The summed E-state index contributed by atoms with van der Waals surface area (Å²) in [6.07, 6.45) is 1.71. The van der Waals surface area contributed by atoms with E-state index in [1.807, 2.05) is 16.3 Å². The number of benzene rings is 1. The van der Waals surface area contributed by atoms with Crippen LogP contribution in [0.15, 0.2) is 28.1 Å². The highest BCUT2D eigenvalue weighted by Crippen LogP contribution is 2.39. The number of amides is 2. The molecule has 0 saturated carbocycles. The van der Waals surface area contributed by atoms with E-state index in [0.29, 0.717) is 35.9 Å². The lowest BCUT2D eigenvalue weighted by atomic mass is 9.88. The van der Waals surface area contributed by atoms with Gasteiger partial charge in [0.15, 0.2) is 5.58 Å². The Balaban J connectivity index is 1.55. The lowest BCUT2D eigenvalue weighted by Crippen LogP contribution is -2.70. The summed E-state index contributed by atoms with van der Waals surface area (Å²) in [7, 11) is 0. The number of carbonyl (C=O) groups excluding carboxylic acids is 1. The Morgan fingerprint density at radius 3 is 2.75 bits per heavy atom. The Morgan fingerprint density at radius 1 is 1.32 bits per heavy atom. The van der Waals surface area contributed by atoms with Gasteiger partial charge in [-0.25, -0.2) is 9.78 Å². The first kappa shape index (κ1) is 17.0. The summed E-state index contributed by atoms with van der Waals surface area (Å²) >= 11 is 1.49. The molecule has 10 heteroatoms. The van der Waals surface area contributed by atoms with Crippen molar-refractivity contribution in [1.82, 2.24) is 14.9 Å². The summed E-state index contributed by atoms with van der Waals surface area (Å²) < 4.78 is 6.11. The highest BCUT2D eigenvalue weighted by atomic mass is 32.1. The van der Waals surface area contributed by atoms with Gasteiger partial charge in [-0.05, 0) is 18.6 Å². The third-order valence-electron chi connectivity index (χ3n) is 5.19. The molecule has 9 nitrogen and oxygen atoms in total. The predicted octanol–water partition coefficient (Wildman–Crippen LogP) is 2.85. The van der Waals surface area contributed by atoms with Crippen LogP contribution in [-0.4, -0.2) is 57.1 Å². The van der Waals surface area contributed by atoms with Crippen LogP contribution in [0.4, 0.5) is 16.5 Å². The maximum Gasteiger partial charge on any atom is 0.407 e. The van der Waals surface area contributed by atoms with Crippen LogP contribution in [0.2, 0.25) is 0 Å². The van der Waals surface area contributed by atoms with Crippen molar-refractivity contribution in [2.75, 3.05) is 23.3 Å². The fourth-order valence-electron chi connectivity index (χ4n) is 4.02. The van der Waals surface area contributed by atoms with Gasteiger partial charge in [-0.15, -0.1) is 11.3 Å². The molecule has 3 aliphatic rings. The second kappa shape index (κ2) is 6.20. The summed E-state index contributed by atoms with van der Waals surface area (Å²) in [4.78, 5) is 35.4. The average Bonchev–Trinajstić information content (AvgIpc) is 3.31. The van der Waals surface area contributed by atoms with Crippen molar-refractivity contribution in [1.29, 1.82) is 0 Å². The number of rotatable bonds is 3. The number of thiazole rings is 1. The molecule has 6 rings (SSSR count). The molecule has 2 aromatic heterocycles. The number of anilines is 2. The number of fused-ring (bicyclic) bond motifs is 3. The van der Waals surface area contributed by atoms with Crippen molar-refractivity contribution >= 4 is 46.1 Å². The number of carbonyl (C=O) groups is 2. The number of nitrogens with one attached hydrogen (secondary N) is 1. The molecule has 5 heterocycles. The van der Waals surface area contributed by atoms with Gasteiger partial charge in [-0.2, -0.15) is 4.98 Å². The van der Waals surface area contributed by atoms with Crippen LogP contribution >= 0.6 is 11.3 Å². The maximum atomic E-state index is 11.6. The number of piperazine rings is 1. The zero-order valence-corrected chi connectivity index (χ0v) is 15.8. The van der Waals surface area contributed by atoms with Crippen LogP contribution in [0.3, 0.4) is 0 Å². The van der Waals surface area contributed by atoms with Crippen molar-refractivity contribution < 1.29 is 19.1 Å². The number of aromatic nitrogens is 2. The Labute approximate surface area is 163 Å². The average molecular weight is 399 g/mol. The van der Waals surface area contributed by atoms with E-state index in [0.717, 1.165) is 17.0 Å². The maximum absolute atomic E-state index is 11.6. The van der Waals surface area contributed by atoms with Gasteiger partial charge in [0.25, 0.3) is 6.01 Å². The van der Waals surface area contributed by atoms with Gasteiger partial charge >= 0.3 is 6.09 Å². The molecule has 28 heavy (non-hydrogen) atoms. The molecule has 144 valence electrons. The summed E-state index contributed by atoms with van der Waals surface area (Å²) in [6.45, 7) is 2.52. The van der Waals surface area contributed by atoms with Gasteiger partial charge in [0.05, 0.1) is 23.3 Å². The van der Waals surface area contributed by atoms with Crippen molar-refractivity contribution in [2.45, 2.75) is 25.4 Å². The number of hydrogen-bond donors (Lipinski definition) is 2. The quantitative estimate of drug-likeness (QED) is 0.696. The first-order valence-corrected chi connectivity index (χ1v) is 9.76. The van der Waals surface area contributed by atoms with E-state index < -0.39 is 6.09 Å². The molecular formula is C18H17N5O4S. The molecule has 2 unspecified atom stereocenters. The second-order valence-corrected chi connectivity index (χ2v) is 7.89. The highest BCUT2D eigenvalue weighted by molar-refractivity contribution is 7.13. The van der Waals surface area contributed by atoms with Gasteiger partial charge < -0.3 is 19.7 Å². The fraction of sp³-hybridized carbons (Fsp3) is 0.333. The van der Waals surface area contributed by atoms with E-state index in [2.05, 4.69) is 15.3 Å². The van der Waals surface area contributed by atoms with Gasteiger partial charge in [-0.1, -0.05) is 0 Å². The van der Waals surface area contributed by atoms with E-state index in [1.54, 1.807) is 12.3 Å². The fourth-order valence-corrected chi connectivity index (χ4v) is 4.68. The highest BCUT2D eigenvalue weighted by Gasteiger charge is 2.48. The molecule has 3 aromatic rings. The van der Waals surface area contributed by atoms with Crippen LogP contribution in [0, 0.1) is 0 Å². The monoisotopic (exact) mass is 399 g/mol. The lowest BCUT2D eigenvalue weighted by Gasteiger charge is -2.54. The number of piperidine rings is 1. The second-order valence-electron chi connectivity index (χ2n) is 6.99. The minimum atomic E-state index is -0.877. The van der Waals surface area contributed by atoms with Crippen molar-refractivity contribution in [3.63, 3.8) is 0 Å². The van der Waals surface area contributed by atoms with Crippen LogP contribution in [0.1, 0.15) is 13.3 Å². The predicted molar refractivity (Wildman–Crippen MR) is 104 cm³/mol. The molecule has 3 fully saturated rings. The Morgan fingerprint density at radius 2 is 2.11 bits per heavy atom. The molecule has 2 bridgehead atoms. The van der Waals surface area contributed by atoms with Crippen molar-refractivity contribution in [3.05, 3.63) is 23.7 Å². The molecule has 2 amide bonds. The van der Waals surface area contributed by atoms with Crippen LogP contribution in [0.25, 0.3) is 21.7 Å². The summed E-state index contributed by atoms with van der Waals surface area (Å²) in [5, 5.41) is 14.8. The SMILES string of the molecule is CC(=O)Nc1ccc(-c2nccs2)c2oc(N3CC4CC(C3)N4C(=O)O)nc12. The molecule has 0 aliphatic carbocycles. The van der Waals surface area contributed by atoms with E-state index in [1.165, 1.54) is 23.2 Å². The summed E-state index contributed by atoms with van der Waals surface area (Å²) in [6, 6.07) is 4.01. The molecule has 2 N–H and O–H groups in total. The van der Waals surface area contributed by atoms with E-state index in [9.17, 15) is 14.7 Å². The zero-order valence-electron chi connectivity index (χ0n) is 15.0. The third kappa shape index (κ3) is 2.60. The van der Waals surface area contributed by atoms with Gasteiger partial charge in [0, 0.05) is 31.6 Å². The Bertz CT molecular complexity index is 1070. The number of carboxylic acid groups (broad SMARTS) is 1. The molecule has 1 aromatic carbocycles. The lowest BCUT2D eigenvalue weighted by molar-refractivity contribution is -0.114. The van der Waals surface area contributed by atoms with Crippen LogP contribution in [-0.2, 0) is 4.79 Å². The Hall–Kier alpha value is -3.14. The van der Waals surface area contributed by atoms with Gasteiger partial charge in [-0.3, -0.25) is 9.69 Å². The first-order valence-electron chi connectivity index (χ1n) is 8.88. The van der Waals surface area contributed by atoms with Crippen LogP contribution < -0.4 is 10.2 Å². The smallest absolute Gasteiger partial charge is 0.407 e. The van der Waals surface area contributed by atoms with Gasteiger partial charge in [0.2, 0.25) is 5.91 Å². The first-order chi connectivity index (χ1) is 13.5. The molecule has 2 atom stereocenters. The van der Waals surface area contributed by atoms with E-state index in [-0.39, 0.29) is 18.0 Å². The number of oxazole rings is 1. The molecular weight excluding hydrogens is 382 g/mol.